The summed E-state index contributed by atoms with van der Waals surface area (Å²) in [5, 5.41) is 10.4. The summed E-state index contributed by atoms with van der Waals surface area (Å²) in [5.74, 6) is 4.04. The van der Waals surface area contributed by atoms with Crippen molar-refractivity contribution in [2.45, 2.75) is 145 Å². The van der Waals surface area contributed by atoms with Gasteiger partial charge < -0.3 is 9.84 Å². The molecule has 2 unspecified atom stereocenters. The normalized spacial score (nSPS) is 19.4. The molecule has 2 nitrogen and oxygen atoms in total. The minimum absolute atomic E-state index is 0.0712. The van der Waals surface area contributed by atoms with E-state index in [4.69, 9.17) is 4.74 Å². The number of aromatic hydroxyl groups is 1. The smallest absolute Gasteiger partial charge is 0.127 e. The standard InChI is InChI=1S/C29H50O2.C2H6/c1-20(2)12-9-13-21(3)14-10-15-22(4)16-11-18-29(8)19-17-26-25(7)27(30)23(5)24(6)28(26)31-29;1-2/h20-22,30H,9-19H2,1-8H3;1-2H3/t21?,22?,29-;/m1./s1. The van der Waals surface area contributed by atoms with Crippen LogP contribution in [0.1, 0.15) is 135 Å². The molecule has 1 aliphatic rings. The van der Waals surface area contributed by atoms with Gasteiger partial charge in [-0.05, 0) is 87.8 Å². The topological polar surface area (TPSA) is 29.5 Å². The zero-order chi connectivity index (χ0) is 25.2. The maximum atomic E-state index is 10.4. The maximum Gasteiger partial charge on any atom is 0.127 e. The molecule has 0 amide bonds. The Morgan fingerprint density at radius 1 is 0.788 bits per heavy atom. The molecule has 1 aliphatic heterocycles. The monoisotopic (exact) mass is 460 g/mol. The van der Waals surface area contributed by atoms with Crippen LogP contribution < -0.4 is 4.74 Å². The van der Waals surface area contributed by atoms with Gasteiger partial charge in [0.15, 0.2) is 0 Å². The first-order chi connectivity index (χ1) is 15.5. The number of hydrogen-bond donors (Lipinski definition) is 1. The van der Waals surface area contributed by atoms with E-state index < -0.39 is 0 Å². The van der Waals surface area contributed by atoms with Crippen molar-refractivity contribution >= 4 is 0 Å². The second-order valence-electron chi connectivity index (χ2n) is 11.4. The van der Waals surface area contributed by atoms with E-state index in [2.05, 4.69) is 41.5 Å². The van der Waals surface area contributed by atoms with Crippen LogP contribution in [0.25, 0.3) is 0 Å². The average molecular weight is 461 g/mol. The molecular weight excluding hydrogens is 404 g/mol. The average Bonchev–Trinajstić information content (AvgIpc) is 2.77. The lowest BCUT2D eigenvalue weighted by Gasteiger charge is -2.38. The molecule has 192 valence electrons. The lowest BCUT2D eigenvalue weighted by molar-refractivity contribution is 0.0512. The maximum absolute atomic E-state index is 10.4. The highest BCUT2D eigenvalue weighted by Gasteiger charge is 2.34. The van der Waals surface area contributed by atoms with Gasteiger partial charge in [-0.25, -0.2) is 0 Å². The Balaban J connectivity index is 0.00000265. The second kappa shape index (κ2) is 14.3. The highest BCUT2D eigenvalue weighted by Crippen LogP contribution is 2.44. The lowest BCUT2D eigenvalue weighted by Crippen LogP contribution is -2.37. The molecule has 0 aliphatic carbocycles. The van der Waals surface area contributed by atoms with Gasteiger partial charge in [-0.2, -0.15) is 0 Å². The van der Waals surface area contributed by atoms with Crippen molar-refractivity contribution in [1.82, 2.24) is 0 Å². The number of phenols is 1. The SMILES string of the molecule is CC.Cc1c(C)c2c(c(C)c1O)CC[C@@](C)(CCCC(C)CCCC(C)CCCC(C)C)O2. The van der Waals surface area contributed by atoms with E-state index >= 15 is 0 Å². The summed E-state index contributed by atoms with van der Waals surface area (Å²) < 4.78 is 6.60. The van der Waals surface area contributed by atoms with Crippen LogP contribution in [0, 0.1) is 38.5 Å². The molecule has 1 aromatic carbocycles. The van der Waals surface area contributed by atoms with E-state index in [1.54, 1.807) is 0 Å². The van der Waals surface area contributed by atoms with Gasteiger partial charge in [-0.15, -0.1) is 0 Å². The van der Waals surface area contributed by atoms with E-state index in [1.165, 1.54) is 56.9 Å². The van der Waals surface area contributed by atoms with Gasteiger partial charge in [0.25, 0.3) is 0 Å². The van der Waals surface area contributed by atoms with Gasteiger partial charge in [-0.1, -0.05) is 86.5 Å². The third-order valence-electron chi connectivity index (χ3n) is 7.87. The summed E-state index contributed by atoms with van der Waals surface area (Å²) >= 11 is 0. The fraction of sp³-hybridized carbons (Fsp3) is 0.806. The highest BCUT2D eigenvalue weighted by molar-refractivity contribution is 5.58. The van der Waals surface area contributed by atoms with Crippen molar-refractivity contribution in [3.8, 4) is 11.5 Å². The van der Waals surface area contributed by atoms with E-state index in [-0.39, 0.29) is 5.60 Å². The molecule has 0 saturated heterocycles. The van der Waals surface area contributed by atoms with Gasteiger partial charge in [0.2, 0.25) is 0 Å². The number of ether oxygens (including phenoxy) is 1. The molecule has 2 rings (SSSR count). The van der Waals surface area contributed by atoms with Gasteiger partial charge in [-0.3, -0.25) is 0 Å². The van der Waals surface area contributed by atoms with Crippen molar-refractivity contribution in [1.29, 1.82) is 0 Å². The molecule has 0 bridgehead atoms. The fourth-order valence-corrected chi connectivity index (χ4v) is 5.27. The summed E-state index contributed by atoms with van der Waals surface area (Å²) in [6.45, 7) is 21.9. The fourth-order valence-electron chi connectivity index (χ4n) is 5.27. The summed E-state index contributed by atoms with van der Waals surface area (Å²) in [6, 6.07) is 0. The molecule has 1 aromatic rings. The van der Waals surface area contributed by atoms with E-state index in [9.17, 15) is 5.11 Å². The van der Waals surface area contributed by atoms with Crippen molar-refractivity contribution in [3.05, 3.63) is 22.3 Å². The lowest BCUT2D eigenvalue weighted by atomic mass is 9.84. The number of rotatable bonds is 12. The predicted octanol–water partition coefficient (Wildman–Crippen LogP) is 9.87. The molecule has 33 heavy (non-hydrogen) atoms. The Bertz CT molecular complexity index is 706. The van der Waals surface area contributed by atoms with Gasteiger partial charge in [0, 0.05) is 5.56 Å². The van der Waals surface area contributed by atoms with Crippen molar-refractivity contribution in [2.75, 3.05) is 0 Å². The molecule has 1 heterocycles. The van der Waals surface area contributed by atoms with Crippen LogP contribution in [0.15, 0.2) is 0 Å². The third kappa shape index (κ3) is 9.18. The largest absolute Gasteiger partial charge is 0.507 e. The Labute approximate surface area is 206 Å². The molecule has 0 saturated carbocycles. The Hall–Kier alpha value is -1.18. The van der Waals surface area contributed by atoms with Crippen LogP contribution in [0.2, 0.25) is 0 Å². The minimum Gasteiger partial charge on any atom is -0.507 e. The highest BCUT2D eigenvalue weighted by atomic mass is 16.5. The van der Waals surface area contributed by atoms with Crippen molar-refractivity contribution in [3.63, 3.8) is 0 Å². The second-order valence-corrected chi connectivity index (χ2v) is 11.4. The van der Waals surface area contributed by atoms with Crippen LogP contribution in [-0.2, 0) is 6.42 Å². The number of phenolic OH excluding ortho intramolecular Hbond substituents is 1. The number of hydrogen-bond acceptors (Lipinski definition) is 2. The zero-order valence-electron chi connectivity index (χ0n) is 23.9. The van der Waals surface area contributed by atoms with Crippen LogP contribution in [0.5, 0.6) is 11.5 Å². The minimum atomic E-state index is -0.0712. The van der Waals surface area contributed by atoms with Gasteiger partial charge >= 0.3 is 0 Å². The van der Waals surface area contributed by atoms with Crippen LogP contribution in [-0.4, -0.2) is 10.7 Å². The molecule has 3 atom stereocenters. The first kappa shape index (κ1) is 29.9. The van der Waals surface area contributed by atoms with E-state index in [0.29, 0.717) is 5.75 Å². The van der Waals surface area contributed by atoms with E-state index in [1.807, 2.05) is 27.7 Å². The zero-order valence-corrected chi connectivity index (χ0v) is 23.9. The molecule has 0 aromatic heterocycles. The first-order valence-corrected chi connectivity index (χ1v) is 14.0. The Kier molecular flexibility index (Phi) is 12.9. The summed E-state index contributed by atoms with van der Waals surface area (Å²) in [7, 11) is 0. The Morgan fingerprint density at radius 3 is 1.85 bits per heavy atom. The van der Waals surface area contributed by atoms with Gasteiger partial charge in [0.1, 0.15) is 17.1 Å². The first-order valence-electron chi connectivity index (χ1n) is 14.0. The van der Waals surface area contributed by atoms with Crippen molar-refractivity contribution < 1.29 is 9.84 Å². The predicted molar refractivity (Wildman–Crippen MR) is 146 cm³/mol. The molecule has 0 radical (unpaired) electrons. The molecule has 0 spiro atoms. The molecule has 0 fully saturated rings. The van der Waals surface area contributed by atoms with Crippen LogP contribution >= 0.6 is 0 Å². The van der Waals surface area contributed by atoms with Crippen molar-refractivity contribution in [2.24, 2.45) is 17.8 Å². The van der Waals surface area contributed by atoms with Crippen LogP contribution in [0.3, 0.4) is 0 Å². The molecular formula is C31H56O2. The summed E-state index contributed by atoms with van der Waals surface area (Å²) in [4.78, 5) is 0. The third-order valence-corrected chi connectivity index (χ3v) is 7.87. The number of benzene rings is 1. The summed E-state index contributed by atoms with van der Waals surface area (Å²) in [6.07, 6.45) is 14.1. The molecule has 1 N–H and O–H groups in total. The molecule has 2 heteroatoms. The summed E-state index contributed by atoms with van der Waals surface area (Å²) in [5.41, 5.74) is 4.23. The van der Waals surface area contributed by atoms with E-state index in [0.717, 1.165) is 59.5 Å². The number of fused-ring (bicyclic) bond motifs is 1. The Morgan fingerprint density at radius 2 is 1.30 bits per heavy atom. The quantitative estimate of drug-likeness (QED) is 0.336. The van der Waals surface area contributed by atoms with Gasteiger partial charge in [0.05, 0.1) is 0 Å². The van der Waals surface area contributed by atoms with Crippen LogP contribution in [0.4, 0.5) is 0 Å².